The molecule has 2 aromatic carbocycles. The smallest absolute Gasteiger partial charge is 0.369 e. The number of carbonyl (C=O) groups excluding carboxylic acids is 1. The Kier molecular flexibility index (Phi) is 7.00. The first-order chi connectivity index (χ1) is 16.6. The van der Waals surface area contributed by atoms with E-state index in [2.05, 4.69) is 9.97 Å². The van der Waals surface area contributed by atoms with Gasteiger partial charge in [-0.2, -0.15) is 13.2 Å². The lowest BCUT2D eigenvalue weighted by molar-refractivity contribution is -0.137. The van der Waals surface area contributed by atoms with Gasteiger partial charge in [0.2, 0.25) is 5.91 Å². The number of anilines is 1. The highest BCUT2D eigenvalue weighted by molar-refractivity contribution is 5.76. The predicted octanol–water partition coefficient (Wildman–Crippen LogP) is 4.74. The van der Waals surface area contributed by atoms with E-state index < -0.39 is 35.7 Å². The van der Waals surface area contributed by atoms with Crippen molar-refractivity contribution in [2.75, 3.05) is 11.4 Å². The van der Waals surface area contributed by atoms with E-state index in [4.69, 9.17) is 5.73 Å². The Labute approximate surface area is 198 Å². The van der Waals surface area contributed by atoms with E-state index in [0.29, 0.717) is 12.0 Å². The molecular formula is C25H23F5N4O. The quantitative estimate of drug-likeness (QED) is 0.486. The number of nitrogens with zero attached hydrogens (tertiary/aromatic N) is 3. The van der Waals surface area contributed by atoms with Gasteiger partial charge >= 0.3 is 6.18 Å². The summed E-state index contributed by atoms with van der Waals surface area (Å²) in [7, 11) is 0. The molecule has 1 aliphatic rings. The zero-order chi connectivity index (χ0) is 25.2. The Morgan fingerprint density at radius 3 is 2.29 bits per heavy atom. The third kappa shape index (κ3) is 5.75. The van der Waals surface area contributed by atoms with Crippen molar-refractivity contribution < 1.29 is 26.7 Å². The molecule has 4 rings (SSSR count). The zero-order valence-electron chi connectivity index (χ0n) is 18.6. The van der Waals surface area contributed by atoms with Crippen LogP contribution in [0, 0.1) is 5.82 Å². The molecule has 1 aliphatic heterocycles. The van der Waals surface area contributed by atoms with Gasteiger partial charge in [-0.05, 0) is 41.7 Å². The zero-order valence-corrected chi connectivity index (χ0v) is 18.6. The average Bonchev–Trinajstić information content (AvgIpc) is 3.20. The molecule has 184 valence electrons. The molecule has 0 aliphatic carbocycles. The lowest BCUT2D eigenvalue weighted by Crippen LogP contribution is -2.26. The van der Waals surface area contributed by atoms with E-state index in [0.717, 1.165) is 23.3 Å². The summed E-state index contributed by atoms with van der Waals surface area (Å²) in [6.07, 6.45) is -3.67. The van der Waals surface area contributed by atoms with Gasteiger partial charge in [0.1, 0.15) is 12.5 Å². The molecule has 10 heteroatoms. The number of aromatic nitrogens is 2. The van der Waals surface area contributed by atoms with Gasteiger partial charge < -0.3 is 10.6 Å². The molecule has 0 saturated carbocycles. The molecule has 1 fully saturated rings. The van der Waals surface area contributed by atoms with Crippen LogP contribution < -0.4 is 10.6 Å². The Morgan fingerprint density at radius 1 is 1.00 bits per heavy atom. The number of primary amides is 1. The second kappa shape index (κ2) is 9.97. The first-order valence-electron chi connectivity index (χ1n) is 11.0. The SMILES string of the molecule is NC(=O)Cc1ccc(CCc2ncnc(N3C[C@H](F)C[C@@H]3c3ccc(C(F)(F)F)cc3)c2F)cc1. The van der Waals surface area contributed by atoms with Gasteiger partial charge in [-0.1, -0.05) is 36.4 Å². The van der Waals surface area contributed by atoms with Crippen molar-refractivity contribution in [2.45, 2.75) is 44.1 Å². The van der Waals surface area contributed by atoms with Crippen LogP contribution in [-0.2, 0) is 30.2 Å². The normalized spacial score (nSPS) is 18.1. The van der Waals surface area contributed by atoms with Crippen LogP contribution in [0.15, 0.2) is 54.9 Å². The standard InChI is InChI=1S/C25H23F5N4O/c26-19-12-21(17-6-8-18(9-7-17)25(28,29)30)34(13-19)24-23(27)20(32-14-33-24)10-5-15-1-3-16(4-2-15)11-22(31)35/h1-4,6-9,14,19,21H,5,10-13H2,(H2,31,35)/t19-,21-/m1/s1. The molecule has 3 aromatic rings. The number of hydrogen-bond acceptors (Lipinski definition) is 4. The minimum absolute atomic E-state index is 0.0157. The molecule has 2 atom stereocenters. The number of carbonyl (C=O) groups is 1. The van der Waals surface area contributed by atoms with E-state index in [1.807, 2.05) is 12.1 Å². The molecule has 35 heavy (non-hydrogen) atoms. The van der Waals surface area contributed by atoms with Gasteiger partial charge in [-0.3, -0.25) is 4.79 Å². The highest BCUT2D eigenvalue weighted by Gasteiger charge is 2.37. The lowest BCUT2D eigenvalue weighted by Gasteiger charge is -2.26. The Balaban J connectivity index is 1.52. The van der Waals surface area contributed by atoms with Crippen molar-refractivity contribution in [2.24, 2.45) is 5.73 Å². The molecule has 0 bridgehead atoms. The van der Waals surface area contributed by atoms with Crippen LogP contribution in [0.4, 0.5) is 27.8 Å². The maximum Gasteiger partial charge on any atom is 0.416 e. The molecule has 5 nitrogen and oxygen atoms in total. The fraction of sp³-hybridized carbons (Fsp3) is 0.320. The Morgan fingerprint density at radius 2 is 1.66 bits per heavy atom. The van der Waals surface area contributed by atoms with E-state index >= 15 is 4.39 Å². The van der Waals surface area contributed by atoms with Crippen molar-refractivity contribution in [1.82, 2.24) is 9.97 Å². The third-order valence-corrected chi connectivity index (χ3v) is 6.04. The minimum Gasteiger partial charge on any atom is -0.369 e. The summed E-state index contributed by atoms with van der Waals surface area (Å²) in [6, 6.07) is 11.0. The second-order valence-corrected chi connectivity index (χ2v) is 8.54. The lowest BCUT2D eigenvalue weighted by atomic mass is 10.0. The van der Waals surface area contributed by atoms with Crippen molar-refractivity contribution in [3.63, 3.8) is 0 Å². The monoisotopic (exact) mass is 490 g/mol. The molecule has 0 spiro atoms. The van der Waals surface area contributed by atoms with Crippen LogP contribution in [0.5, 0.6) is 0 Å². The summed E-state index contributed by atoms with van der Waals surface area (Å²) in [4.78, 5) is 20.6. The summed E-state index contributed by atoms with van der Waals surface area (Å²) in [5.74, 6) is -1.18. The summed E-state index contributed by atoms with van der Waals surface area (Å²) in [6.45, 7) is -0.125. The molecule has 1 aromatic heterocycles. The number of amides is 1. The van der Waals surface area contributed by atoms with E-state index in [1.54, 1.807) is 12.1 Å². The fourth-order valence-corrected chi connectivity index (χ4v) is 4.29. The first kappa shape index (κ1) is 24.6. The topological polar surface area (TPSA) is 72.1 Å². The molecule has 2 heterocycles. The fourth-order valence-electron chi connectivity index (χ4n) is 4.29. The molecule has 2 N–H and O–H groups in total. The van der Waals surface area contributed by atoms with Crippen LogP contribution in [0.3, 0.4) is 0 Å². The van der Waals surface area contributed by atoms with Crippen molar-refractivity contribution in [3.05, 3.63) is 88.6 Å². The number of aryl methyl sites for hydroxylation is 2. The van der Waals surface area contributed by atoms with Crippen molar-refractivity contribution >= 4 is 11.7 Å². The molecule has 0 unspecified atom stereocenters. The maximum absolute atomic E-state index is 15.4. The summed E-state index contributed by atoms with van der Waals surface area (Å²) >= 11 is 0. The maximum atomic E-state index is 15.4. The third-order valence-electron chi connectivity index (χ3n) is 6.04. The van der Waals surface area contributed by atoms with Gasteiger partial charge in [0.05, 0.1) is 30.3 Å². The number of benzene rings is 2. The second-order valence-electron chi connectivity index (χ2n) is 8.54. The van der Waals surface area contributed by atoms with Gasteiger partial charge in [-0.25, -0.2) is 18.7 Å². The van der Waals surface area contributed by atoms with Crippen LogP contribution in [0.1, 0.15) is 40.4 Å². The number of nitrogens with two attached hydrogens (primary N) is 1. The number of hydrogen-bond donors (Lipinski definition) is 1. The number of alkyl halides is 4. The van der Waals surface area contributed by atoms with Crippen molar-refractivity contribution in [3.8, 4) is 0 Å². The van der Waals surface area contributed by atoms with Crippen molar-refractivity contribution in [1.29, 1.82) is 0 Å². The summed E-state index contributed by atoms with van der Waals surface area (Å²) < 4.78 is 68.5. The Bertz CT molecular complexity index is 1180. The largest absolute Gasteiger partial charge is 0.416 e. The summed E-state index contributed by atoms with van der Waals surface area (Å²) in [5.41, 5.74) is 6.68. The van der Waals surface area contributed by atoms with Crippen LogP contribution in [0.25, 0.3) is 0 Å². The van der Waals surface area contributed by atoms with Gasteiger partial charge in [0.15, 0.2) is 11.6 Å². The van der Waals surface area contributed by atoms with Crippen LogP contribution >= 0.6 is 0 Å². The van der Waals surface area contributed by atoms with Gasteiger partial charge in [-0.15, -0.1) is 0 Å². The van der Waals surface area contributed by atoms with Gasteiger partial charge in [0, 0.05) is 6.42 Å². The van der Waals surface area contributed by atoms with E-state index in [9.17, 15) is 22.4 Å². The van der Waals surface area contributed by atoms with Crippen LogP contribution in [-0.4, -0.2) is 28.6 Å². The van der Waals surface area contributed by atoms with Gasteiger partial charge in [0.25, 0.3) is 0 Å². The molecule has 1 amide bonds. The highest BCUT2D eigenvalue weighted by atomic mass is 19.4. The number of rotatable bonds is 7. The highest BCUT2D eigenvalue weighted by Crippen LogP contribution is 2.39. The van der Waals surface area contributed by atoms with E-state index in [1.165, 1.54) is 23.4 Å². The Hall–Kier alpha value is -3.56. The first-order valence-corrected chi connectivity index (χ1v) is 11.0. The van der Waals surface area contributed by atoms with E-state index in [-0.39, 0.29) is 37.3 Å². The predicted molar refractivity (Wildman–Crippen MR) is 120 cm³/mol. The number of halogens is 5. The minimum atomic E-state index is -4.48. The average molecular weight is 490 g/mol. The molecule has 0 radical (unpaired) electrons. The van der Waals surface area contributed by atoms with Crippen LogP contribution in [0.2, 0.25) is 0 Å². The molecular weight excluding hydrogens is 467 g/mol. The molecule has 1 saturated heterocycles. The summed E-state index contributed by atoms with van der Waals surface area (Å²) in [5, 5.41) is 0.